The molecule has 0 unspecified atom stereocenters. The van der Waals surface area contributed by atoms with Gasteiger partial charge in [0, 0.05) is 0 Å². The molecule has 2 saturated carbocycles. The molecule has 0 saturated heterocycles. The smallest absolute Gasteiger partial charge is 0.120 e. The van der Waals surface area contributed by atoms with E-state index in [2.05, 4.69) is 82.2 Å². The van der Waals surface area contributed by atoms with Crippen molar-refractivity contribution in [1.29, 1.82) is 0 Å². The highest BCUT2D eigenvalue weighted by Crippen LogP contribution is 2.35. The van der Waals surface area contributed by atoms with Gasteiger partial charge in [0.1, 0.15) is 16.5 Å². The molecule has 1 N–H and O–H groups in total. The molecule has 0 heterocycles. The first-order valence-electron chi connectivity index (χ1n) is 6.15. The zero-order valence-corrected chi connectivity index (χ0v) is 13.1. The van der Waals surface area contributed by atoms with E-state index in [9.17, 15) is 0 Å². The van der Waals surface area contributed by atoms with Crippen LogP contribution in [0.15, 0.2) is 0 Å². The molecule has 17 heavy (non-hydrogen) atoms. The monoisotopic (exact) mass is 259 g/mol. The minimum absolute atomic E-state index is 1.50. The summed E-state index contributed by atoms with van der Waals surface area (Å²) in [7, 11) is -3.01. The van der Waals surface area contributed by atoms with Gasteiger partial charge < -0.3 is 4.65 Å². The lowest BCUT2D eigenvalue weighted by atomic mass is 10.4. The Balaban J connectivity index is 1.97. The van der Waals surface area contributed by atoms with E-state index in [1.165, 1.54) is 11.1 Å². The van der Waals surface area contributed by atoms with Crippen molar-refractivity contribution in [3.63, 3.8) is 0 Å². The number of hydrogen-bond donors (Lipinski definition) is 1. The van der Waals surface area contributed by atoms with Crippen molar-refractivity contribution in [2.24, 2.45) is 0 Å². The first kappa shape index (κ1) is 13.8. The normalized spacial score (nSPS) is 24.7. The standard InChI is InChI=1S/C14H21NSi2/c1-16(2,13-9-5-6-10-13)15-17(3,4)14-11-7-8-12-14/h5-12,15H,1-4H3. The molecule has 2 rings (SSSR count). The fourth-order valence-corrected chi connectivity index (χ4v) is 12.0. The van der Waals surface area contributed by atoms with Gasteiger partial charge in [0.15, 0.2) is 0 Å². The molecule has 0 spiro atoms. The average molecular weight is 260 g/mol. The Morgan fingerprint density at radius 3 is 1.24 bits per heavy atom. The fraction of sp³-hybridized carbons (Fsp3) is 0.286. The van der Waals surface area contributed by atoms with Crippen LogP contribution in [0, 0.1) is 62.4 Å². The minimum atomic E-state index is -1.51. The molecule has 2 fully saturated rings. The Bertz CT molecular complexity index is 225. The van der Waals surface area contributed by atoms with Gasteiger partial charge in [-0.25, -0.2) is 0 Å². The lowest BCUT2D eigenvalue weighted by Crippen LogP contribution is -2.64. The van der Waals surface area contributed by atoms with E-state index in [4.69, 9.17) is 0 Å². The SMILES string of the molecule is C[Si](C)(N[Si](C)(C)[C]1[CH][CH][CH][CH]1)[C]1[CH][CH][CH][CH]1. The van der Waals surface area contributed by atoms with Crippen molar-refractivity contribution < 1.29 is 0 Å². The van der Waals surface area contributed by atoms with Crippen LogP contribution in [0.2, 0.25) is 26.2 Å². The van der Waals surface area contributed by atoms with Crippen molar-refractivity contribution in [3.05, 3.63) is 62.4 Å². The summed E-state index contributed by atoms with van der Waals surface area (Å²) in [6, 6.07) is 0. The maximum atomic E-state index is 4.02. The van der Waals surface area contributed by atoms with E-state index in [1.807, 2.05) is 0 Å². The van der Waals surface area contributed by atoms with Crippen LogP contribution in [0.25, 0.3) is 0 Å². The predicted octanol–water partition coefficient (Wildman–Crippen LogP) is 2.88. The van der Waals surface area contributed by atoms with Gasteiger partial charge in [-0.2, -0.15) is 0 Å². The van der Waals surface area contributed by atoms with Gasteiger partial charge in [0.05, 0.1) is 0 Å². The molecule has 0 atom stereocenters. The maximum Gasteiger partial charge on any atom is 0.120 e. The van der Waals surface area contributed by atoms with Crippen LogP contribution >= 0.6 is 0 Å². The topological polar surface area (TPSA) is 12.0 Å². The lowest BCUT2D eigenvalue weighted by Gasteiger charge is -2.40. The third kappa shape index (κ3) is 3.24. The third-order valence-electron chi connectivity index (χ3n) is 3.39. The molecule has 0 aromatic carbocycles. The summed E-state index contributed by atoms with van der Waals surface area (Å²) in [6.07, 6.45) is 17.6. The second-order valence-electron chi connectivity index (χ2n) is 5.72. The Labute approximate surface area is 110 Å². The lowest BCUT2D eigenvalue weighted by molar-refractivity contribution is 1.20. The molecule has 0 aromatic rings. The molecular formula is C14H21NSi2. The van der Waals surface area contributed by atoms with Crippen LogP contribution in [-0.4, -0.2) is 16.5 Å². The Hall–Kier alpha value is 0.394. The van der Waals surface area contributed by atoms with E-state index in [1.54, 1.807) is 0 Å². The van der Waals surface area contributed by atoms with Crippen LogP contribution in [-0.2, 0) is 0 Å². The fourth-order valence-electron chi connectivity index (χ4n) is 2.51. The summed E-state index contributed by atoms with van der Waals surface area (Å²) in [5.41, 5.74) is 3.01. The van der Waals surface area contributed by atoms with Crippen LogP contribution < -0.4 is 4.65 Å². The van der Waals surface area contributed by atoms with Crippen molar-refractivity contribution >= 4 is 16.5 Å². The molecule has 1 nitrogen and oxygen atoms in total. The number of hydrogen-bond acceptors (Lipinski definition) is 1. The molecule has 2 aliphatic carbocycles. The Morgan fingerprint density at radius 1 is 0.647 bits per heavy atom. The van der Waals surface area contributed by atoms with Gasteiger partial charge in [-0.15, -0.1) is 0 Å². The van der Waals surface area contributed by atoms with E-state index in [-0.39, 0.29) is 0 Å². The molecule has 0 amide bonds. The summed E-state index contributed by atoms with van der Waals surface area (Å²) >= 11 is 0. The van der Waals surface area contributed by atoms with Gasteiger partial charge in [0.25, 0.3) is 0 Å². The average Bonchev–Trinajstić information content (AvgIpc) is 2.91. The summed E-state index contributed by atoms with van der Waals surface area (Å²) < 4.78 is 4.02. The third-order valence-corrected chi connectivity index (χ3v) is 11.9. The summed E-state index contributed by atoms with van der Waals surface area (Å²) in [5, 5.41) is 0. The summed E-state index contributed by atoms with van der Waals surface area (Å²) in [5.74, 6) is 0. The predicted molar refractivity (Wildman–Crippen MR) is 79.0 cm³/mol. The molecular weight excluding hydrogens is 238 g/mol. The second kappa shape index (κ2) is 5.18. The highest BCUT2D eigenvalue weighted by atomic mass is 28.4. The van der Waals surface area contributed by atoms with Crippen molar-refractivity contribution in [1.82, 2.24) is 4.65 Å². The largest absolute Gasteiger partial charge is 0.359 e. The van der Waals surface area contributed by atoms with Crippen LogP contribution in [0.1, 0.15) is 0 Å². The van der Waals surface area contributed by atoms with Gasteiger partial charge in [0.2, 0.25) is 0 Å². The van der Waals surface area contributed by atoms with Gasteiger partial charge in [-0.3, -0.25) is 0 Å². The summed E-state index contributed by atoms with van der Waals surface area (Å²) in [6.45, 7) is 9.61. The summed E-state index contributed by atoms with van der Waals surface area (Å²) in [4.78, 5) is 0. The Morgan fingerprint density at radius 2 is 0.941 bits per heavy atom. The molecule has 2 aliphatic rings. The van der Waals surface area contributed by atoms with Crippen molar-refractivity contribution in [2.75, 3.05) is 0 Å². The zero-order chi connectivity index (χ0) is 12.5. The van der Waals surface area contributed by atoms with E-state index in [0.29, 0.717) is 0 Å². The van der Waals surface area contributed by atoms with E-state index < -0.39 is 16.5 Å². The highest BCUT2D eigenvalue weighted by Gasteiger charge is 2.43. The number of rotatable bonds is 4. The van der Waals surface area contributed by atoms with Gasteiger partial charge >= 0.3 is 0 Å². The van der Waals surface area contributed by atoms with E-state index >= 15 is 0 Å². The minimum Gasteiger partial charge on any atom is -0.359 e. The highest BCUT2D eigenvalue weighted by molar-refractivity contribution is 6.97. The van der Waals surface area contributed by atoms with E-state index in [0.717, 1.165) is 0 Å². The zero-order valence-electron chi connectivity index (χ0n) is 11.1. The van der Waals surface area contributed by atoms with Crippen molar-refractivity contribution in [2.45, 2.75) is 26.2 Å². The van der Waals surface area contributed by atoms with Crippen LogP contribution in [0.3, 0.4) is 0 Å². The molecule has 0 aliphatic heterocycles. The van der Waals surface area contributed by atoms with Crippen LogP contribution in [0.4, 0.5) is 0 Å². The van der Waals surface area contributed by atoms with Crippen LogP contribution in [0.5, 0.6) is 0 Å². The molecule has 0 aromatic heterocycles. The molecule has 10 radical (unpaired) electrons. The maximum absolute atomic E-state index is 4.02. The molecule has 90 valence electrons. The first-order valence-corrected chi connectivity index (χ1v) is 12.2. The first-order chi connectivity index (χ1) is 7.92. The van der Waals surface area contributed by atoms with Gasteiger partial charge in [-0.1, -0.05) is 26.2 Å². The number of nitrogens with one attached hydrogen (secondary N) is 1. The second-order valence-corrected chi connectivity index (χ2v) is 14.4. The Kier molecular flexibility index (Phi) is 4.21. The molecule has 0 bridgehead atoms. The van der Waals surface area contributed by atoms with Gasteiger partial charge in [-0.05, 0) is 62.4 Å². The quantitative estimate of drug-likeness (QED) is 0.766. The van der Waals surface area contributed by atoms with Crippen molar-refractivity contribution in [3.8, 4) is 0 Å². The molecule has 3 heteroatoms.